The Balaban J connectivity index is 0.000000331. The van der Waals surface area contributed by atoms with Gasteiger partial charge in [-0.15, -0.1) is 0 Å². The van der Waals surface area contributed by atoms with Crippen molar-refractivity contribution in [2.45, 2.75) is 5.51 Å². The van der Waals surface area contributed by atoms with Crippen LogP contribution in [0.25, 0.3) is 21.8 Å². The molecule has 1 heterocycles. The molecule has 4 aromatic rings. The second-order valence-corrected chi connectivity index (χ2v) is 8.45. The van der Waals surface area contributed by atoms with Crippen LogP contribution in [0.1, 0.15) is 5.56 Å². The zero-order chi connectivity index (χ0) is 24.4. The molecule has 0 saturated carbocycles. The number of pyridine rings is 1. The van der Waals surface area contributed by atoms with E-state index in [0.29, 0.717) is 10.8 Å². The SMILES string of the molecule is C[n+]1c2ccccc2c(C(=S)Oc2ccc(F)cc2)c2ccccc21.O=S(=O)([O-])C(F)(F)F. The number of halogens is 4. The molecule has 0 amide bonds. The van der Waals surface area contributed by atoms with Crippen LogP contribution in [0.5, 0.6) is 5.75 Å². The van der Waals surface area contributed by atoms with Gasteiger partial charge in [0.15, 0.2) is 15.2 Å². The van der Waals surface area contributed by atoms with Crippen molar-refractivity contribution in [2.24, 2.45) is 7.05 Å². The zero-order valence-corrected chi connectivity index (χ0v) is 18.5. The number of aromatic nitrogens is 1. The third kappa shape index (κ3) is 5.44. The van der Waals surface area contributed by atoms with E-state index in [1.807, 2.05) is 43.4 Å². The van der Waals surface area contributed by atoms with Crippen LogP contribution in [0.3, 0.4) is 0 Å². The molecule has 172 valence electrons. The third-order valence-corrected chi connectivity index (χ3v) is 5.44. The standard InChI is InChI=1S/C21H15FNOS.CHF3O3S/c1-23-18-8-4-2-6-16(18)20(17-7-3-5-9-19(17)23)21(25)24-15-12-10-14(22)11-13-15;2-1(3,4)8(5,6)7/h2-13H,1H3;(H,5,6,7)/q+1;/p-1. The lowest BCUT2D eigenvalue weighted by Crippen LogP contribution is -2.31. The normalized spacial score (nSPS) is 11.7. The van der Waals surface area contributed by atoms with Crippen LogP contribution in [-0.4, -0.2) is 23.5 Å². The quantitative estimate of drug-likeness (QED) is 0.0998. The number of para-hydroxylation sites is 2. The van der Waals surface area contributed by atoms with Gasteiger partial charge in [-0.3, -0.25) is 0 Å². The lowest BCUT2D eigenvalue weighted by atomic mass is 10.0. The molecule has 33 heavy (non-hydrogen) atoms. The average Bonchev–Trinajstić information content (AvgIpc) is 2.75. The van der Waals surface area contributed by atoms with Gasteiger partial charge in [0.2, 0.25) is 11.0 Å². The van der Waals surface area contributed by atoms with Crippen molar-refractivity contribution in [2.75, 3.05) is 0 Å². The van der Waals surface area contributed by atoms with E-state index < -0.39 is 15.6 Å². The fraction of sp³-hybridized carbons (Fsp3) is 0.0909. The van der Waals surface area contributed by atoms with E-state index in [1.165, 1.54) is 12.1 Å². The van der Waals surface area contributed by atoms with E-state index in [2.05, 4.69) is 16.7 Å². The number of thiocarbonyl (C=S) groups is 1. The van der Waals surface area contributed by atoms with Crippen molar-refractivity contribution in [3.63, 3.8) is 0 Å². The number of aryl methyl sites for hydroxylation is 1. The molecule has 1 aromatic heterocycles. The minimum absolute atomic E-state index is 0.305. The van der Waals surface area contributed by atoms with E-state index in [1.54, 1.807) is 12.1 Å². The van der Waals surface area contributed by atoms with Crippen molar-refractivity contribution in [1.29, 1.82) is 0 Å². The number of rotatable bonds is 2. The third-order valence-electron chi connectivity index (χ3n) is 4.58. The minimum Gasteiger partial charge on any atom is -0.741 e. The molecular weight excluding hydrogens is 482 g/mol. The molecule has 3 aromatic carbocycles. The Morgan fingerprint density at radius 3 is 1.76 bits per heavy atom. The largest absolute Gasteiger partial charge is 0.741 e. The van der Waals surface area contributed by atoms with Crippen molar-refractivity contribution in [3.8, 4) is 5.75 Å². The minimum atomic E-state index is -6.09. The maximum atomic E-state index is 13.1. The second-order valence-electron chi connectivity index (χ2n) is 6.71. The first-order chi connectivity index (χ1) is 15.4. The summed E-state index contributed by atoms with van der Waals surface area (Å²) in [6, 6.07) is 22.1. The predicted octanol–water partition coefficient (Wildman–Crippen LogP) is 4.76. The van der Waals surface area contributed by atoms with E-state index >= 15 is 0 Å². The van der Waals surface area contributed by atoms with E-state index in [-0.39, 0.29) is 5.82 Å². The Bertz CT molecular complexity index is 1380. The lowest BCUT2D eigenvalue weighted by molar-refractivity contribution is -0.617. The number of ether oxygens (including phenoxy) is 1. The molecule has 0 fully saturated rings. The molecule has 0 aliphatic carbocycles. The van der Waals surface area contributed by atoms with Crippen LogP contribution in [-0.2, 0) is 17.2 Å². The number of nitrogens with zero attached hydrogens (tertiary/aromatic N) is 1. The highest BCUT2D eigenvalue weighted by Gasteiger charge is 2.36. The van der Waals surface area contributed by atoms with E-state index in [0.717, 1.165) is 27.4 Å². The van der Waals surface area contributed by atoms with Crippen molar-refractivity contribution in [3.05, 3.63) is 84.2 Å². The first-order valence-electron chi connectivity index (χ1n) is 9.19. The predicted molar refractivity (Wildman–Crippen MR) is 117 cm³/mol. The van der Waals surface area contributed by atoms with Gasteiger partial charge in [-0.05, 0) is 48.6 Å². The Morgan fingerprint density at radius 2 is 1.33 bits per heavy atom. The summed E-state index contributed by atoms with van der Waals surface area (Å²) in [5, 5.41) is 2.42. The highest BCUT2D eigenvalue weighted by Crippen LogP contribution is 2.27. The molecule has 0 aliphatic rings. The Hall–Kier alpha value is -3.15. The molecule has 0 atom stereocenters. The first-order valence-corrected chi connectivity index (χ1v) is 11.0. The van der Waals surface area contributed by atoms with Crippen LogP contribution in [0.2, 0.25) is 0 Å². The van der Waals surface area contributed by atoms with Gasteiger partial charge in [0.1, 0.15) is 18.6 Å². The van der Waals surface area contributed by atoms with Gasteiger partial charge in [-0.1, -0.05) is 24.3 Å². The van der Waals surface area contributed by atoms with E-state index in [9.17, 15) is 17.6 Å². The summed E-state index contributed by atoms with van der Waals surface area (Å²) >= 11 is 5.61. The Kier molecular flexibility index (Phi) is 6.96. The molecule has 0 spiro atoms. The van der Waals surface area contributed by atoms with Crippen LogP contribution in [0.4, 0.5) is 17.6 Å². The van der Waals surface area contributed by atoms with Crippen molar-refractivity contribution >= 4 is 49.2 Å². The van der Waals surface area contributed by atoms with Gasteiger partial charge in [-0.25, -0.2) is 12.8 Å². The number of fused-ring (bicyclic) bond motifs is 2. The maximum absolute atomic E-state index is 13.1. The number of hydrogen-bond donors (Lipinski definition) is 0. The van der Waals surface area contributed by atoms with Gasteiger partial charge < -0.3 is 9.29 Å². The monoisotopic (exact) mass is 497 g/mol. The Labute approximate surface area is 191 Å². The molecule has 0 unspecified atom stereocenters. The first kappa shape index (κ1) is 24.5. The van der Waals surface area contributed by atoms with Crippen molar-refractivity contribution in [1.82, 2.24) is 0 Å². The summed E-state index contributed by atoms with van der Waals surface area (Å²) in [6.07, 6.45) is 0. The fourth-order valence-corrected chi connectivity index (χ4v) is 3.43. The molecule has 0 bridgehead atoms. The highest BCUT2D eigenvalue weighted by atomic mass is 32.2. The maximum Gasteiger partial charge on any atom is 0.485 e. The summed E-state index contributed by atoms with van der Waals surface area (Å²) in [4.78, 5) is 0. The topological polar surface area (TPSA) is 70.3 Å². The molecule has 4 rings (SSSR count). The second kappa shape index (κ2) is 9.38. The van der Waals surface area contributed by atoms with Crippen LogP contribution in [0, 0.1) is 5.82 Å². The smallest absolute Gasteiger partial charge is 0.485 e. The summed E-state index contributed by atoms with van der Waals surface area (Å²) in [5.74, 6) is 0.216. The lowest BCUT2D eigenvalue weighted by Gasteiger charge is -2.12. The van der Waals surface area contributed by atoms with Gasteiger partial charge in [0.05, 0.1) is 16.3 Å². The molecule has 0 saturated heterocycles. The summed E-state index contributed by atoms with van der Waals surface area (Å²) < 4.78 is 80.0. The van der Waals surface area contributed by atoms with Gasteiger partial charge >= 0.3 is 5.51 Å². The van der Waals surface area contributed by atoms with E-state index in [4.69, 9.17) is 29.9 Å². The molecule has 5 nitrogen and oxygen atoms in total. The van der Waals surface area contributed by atoms with Gasteiger partial charge in [0.25, 0.3) is 0 Å². The summed E-state index contributed by atoms with van der Waals surface area (Å²) in [5.41, 5.74) is -2.63. The summed E-state index contributed by atoms with van der Waals surface area (Å²) in [7, 11) is -4.05. The fourth-order valence-electron chi connectivity index (χ4n) is 3.11. The van der Waals surface area contributed by atoms with Gasteiger partial charge in [0, 0.05) is 12.1 Å². The number of alkyl halides is 3. The molecule has 11 heteroatoms. The zero-order valence-electron chi connectivity index (χ0n) is 16.8. The summed E-state index contributed by atoms with van der Waals surface area (Å²) in [6.45, 7) is 0. The Morgan fingerprint density at radius 1 is 0.909 bits per heavy atom. The number of hydrogen-bond acceptors (Lipinski definition) is 5. The van der Waals surface area contributed by atoms with Crippen LogP contribution in [0.15, 0.2) is 72.8 Å². The molecule has 0 radical (unpaired) electrons. The number of benzene rings is 3. The average molecular weight is 497 g/mol. The van der Waals surface area contributed by atoms with Crippen LogP contribution < -0.4 is 9.30 Å². The molecule has 0 aliphatic heterocycles. The molecule has 0 N–H and O–H groups in total. The van der Waals surface area contributed by atoms with Crippen LogP contribution >= 0.6 is 12.2 Å². The molecular formula is C22H15F4NO4S2. The highest BCUT2D eigenvalue weighted by molar-refractivity contribution is 7.86. The van der Waals surface area contributed by atoms with Gasteiger partial charge in [-0.2, -0.15) is 17.7 Å². The van der Waals surface area contributed by atoms with Crippen molar-refractivity contribution < 1.29 is 39.8 Å².